The summed E-state index contributed by atoms with van der Waals surface area (Å²) in [6, 6.07) is 3.75. The number of pyridine rings is 1. The summed E-state index contributed by atoms with van der Waals surface area (Å²) < 4.78 is 1.56. The zero-order valence-electron chi connectivity index (χ0n) is 13.8. The number of anilines is 2. The molecule has 2 bridgehead atoms. The van der Waals surface area contributed by atoms with Crippen LogP contribution in [0.5, 0.6) is 0 Å². The number of fused-ring (bicyclic) bond motifs is 4. The zero-order chi connectivity index (χ0) is 17.9. The maximum atomic E-state index is 13.3. The molecular formula is C17H17ClN6O2. The predicted octanol–water partition coefficient (Wildman–Crippen LogP) is 1.35. The van der Waals surface area contributed by atoms with Gasteiger partial charge in [-0.25, -0.2) is 9.97 Å². The van der Waals surface area contributed by atoms with Gasteiger partial charge in [0.1, 0.15) is 29.2 Å². The molecule has 1 amide bonds. The molecule has 3 N–H and O–H groups in total. The number of rotatable bonds is 2. The van der Waals surface area contributed by atoms with Crippen molar-refractivity contribution >= 4 is 29.0 Å². The van der Waals surface area contributed by atoms with Gasteiger partial charge < -0.3 is 16.0 Å². The van der Waals surface area contributed by atoms with Gasteiger partial charge in [-0.15, -0.1) is 0 Å². The number of piperidine rings is 1. The molecule has 5 rings (SSSR count). The van der Waals surface area contributed by atoms with Crippen molar-refractivity contribution in [2.45, 2.75) is 43.4 Å². The SMILES string of the molecule is O=C1NC2(CC3CCC(C2)N3)n2c1c(Cl)cc(Nc1ccncn1)c2=O. The normalized spacial score (nSPS) is 28.9. The molecule has 8 nitrogen and oxygen atoms in total. The molecule has 26 heavy (non-hydrogen) atoms. The van der Waals surface area contributed by atoms with Crippen LogP contribution < -0.4 is 21.5 Å². The van der Waals surface area contributed by atoms with Crippen molar-refractivity contribution in [3.8, 4) is 0 Å². The Balaban J connectivity index is 1.65. The smallest absolute Gasteiger partial charge is 0.276 e. The van der Waals surface area contributed by atoms with Gasteiger partial charge in [-0.05, 0) is 25.0 Å². The van der Waals surface area contributed by atoms with Gasteiger partial charge in [0.15, 0.2) is 0 Å². The summed E-state index contributed by atoms with van der Waals surface area (Å²) in [5.41, 5.74) is -0.457. The van der Waals surface area contributed by atoms with Crippen LogP contribution in [-0.4, -0.2) is 32.5 Å². The molecule has 0 aliphatic carbocycles. The van der Waals surface area contributed by atoms with Crippen molar-refractivity contribution in [2.75, 3.05) is 5.32 Å². The molecule has 0 aromatic carbocycles. The first-order valence-electron chi connectivity index (χ1n) is 8.63. The van der Waals surface area contributed by atoms with E-state index in [1.54, 1.807) is 16.8 Å². The highest BCUT2D eigenvalue weighted by Gasteiger charge is 2.51. The minimum Gasteiger partial charge on any atom is -0.336 e. The van der Waals surface area contributed by atoms with Gasteiger partial charge in [0.25, 0.3) is 11.5 Å². The van der Waals surface area contributed by atoms with Gasteiger partial charge in [0.2, 0.25) is 0 Å². The Labute approximate surface area is 154 Å². The fourth-order valence-electron chi connectivity index (χ4n) is 4.53. The van der Waals surface area contributed by atoms with E-state index in [1.807, 2.05) is 0 Å². The van der Waals surface area contributed by atoms with E-state index >= 15 is 0 Å². The second-order valence-corrected chi connectivity index (χ2v) is 7.55. The first kappa shape index (κ1) is 15.8. The van der Waals surface area contributed by atoms with Crippen LogP contribution in [0.15, 0.2) is 29.5 Å². The first-order valence-corrected chi connectivity index (χ1v) is 9.01. The molecule has 2 unspecified atom stereocenters. The Kier molecular flexibility index (Phi) is 3.35. The Morgan fingerprint density at radius 2 is 2.04 bits per heavy atom. The molecule has 2 saturated heterocycles. The number of halogens is 1. The third kappa shape index (κ3) is 2.25. The van der Waals surface area contributed by atoms with E-state index in [4.69, 9.17) is 11.6 Å². The van der Waals surface area contributed by atoms with E-state index in [1.165, 1.54) is 12.4 Å². The van der Waals surface area contributed by atoms with Crippen molar-refractivity contribution in [2.24, 2.45) is 0 Å². The van der Waals surface area contributed by atoms with Gasteiger partial charge in [0.05, 0.1) is 5.02 Å². The molecule has 0 saturated carbocycles. The van der Waals surface area contributed by atoms with Gasteiger partial charge >= 0.3 is 0 Å². The zero-order valence-corrected chi connectivity index (χ0v) is 14.6. The summed E-state index contributed by atoms with van der Waals surface area (Å²) in [6.45, 7) is 0. The van der Waals surface area contributed by atoms with Crippen LogP contribution in [0.1, 0.15) is 36.2 Å². The Bertz CT molecular complexity index is 948. The quantitative estimate of drug-likeness (QED) is 0.735. The number of nitrogens with zero attached hydrogens (tertiary/aromatic N) is 3. The molecule has 1 spiro atoms. The summed E-state index contributed by atoms with van der Waals surface area (Å²) >= 11 is 6.39. The molecule has 2 fully saturated rings. The molecule has 9 heteroatoms. The Hall–Kier alpha value is -2.45. The first-order chi connectivity index (χ1) is 12.6. The minimum absolute atomic E-state index is 0.242. The third-order valence-corrected chi connectivity index (χ3v) is 5.78. The summed E-state index contributed by atoms with van der Waals surface area (Å²) in [5, 5.41) is 9.84. The lowest BCUT2D eigenvalue weighted by Gasteiger charge is -2.39. The molecule has 3 aliphatic rings. The lowest BCUT2D eigenvalue weighted by atomic mass is 9.92. The number of aromatic nitrogens is 3. The summed E-state index contributed by atoms with van der Waals surface area (Å²) in [6.07, 6.45) is 6.44. The topological polar surface area (TPSA) is 101 Å². The molecular weight excluding hydrogens is 356 g/mol. The fourth-order valence-corrected chi connectivity index (χ4v) is 4.81. The number of carbonyl (C=O) groups excluding carboxylic acids is 1. The van der Waals surface area contributed by atoms with Crippen LogP contribution in [0.4, 0.5) is 11.5 Å². The molecule has 3 aliphatic heterocycles. The number of hydrogen-bond acceptors (Lipinski definition) is 6. The van der Waals surface area contributed by atoms with Crippen LogP contribution in [0.2, 0.25) is 5.02 Å². The lowest BCUT2D eigenvalue weighted by molar-refractivity contribution is 0.0852. The molecule has 2 aromatic rings. The van der Waals surface area contributed by atoms with E-state index < -0.39 is 5.66 Å². The highest BCUT2D eigenvalue weighted by Crippen LogP contribution is 2.41. The maximum absolute atomic E-state index is 13.3. The third-order valence-electron chi connectivity index (χ3n) is 5.49. The van der Waals surface area contributed by atoms with Gasteiger partial charge in [-0.2, -0.15) is 0 Å². The van der Waals surface area contributed by atoms with E-state index in [2.05, 4.69) is 25.9 Å². The highest BCUT2D eigenvalue weighted by atomic mass is 35.5. The van der Waals surface area contributed by atoms with E-state index in [0.717, 1.165) is 12.8 Å². The standard InChI is InChI=1S/C17H17ClN6O2/c18-11-5-12(22-13-3-4-19-8-20-13)16(26)24-14(11)15(25)23-17(24)6-9-1-2-10(7-17)21-9/h3-5,8-10,21H,1-2,6-7H2,(H,23,25)(H,19,20,22). The summed E-state index contributed by atoms with van der Waals surface area (Å²) in [7, 11) is 0. The van der Waals surface area contributed by atoms with Crippen LogP contribution in [0.25, 0.3) is 0 Å². The second kappa shape index (κ2) is 5.52. The number of hydrogen-bond donors (Lipinski definition) is 3. The monoisotopic (exact) mass is 372 g/mol. The molecule has 5 heterocycles. The largest absolute Gasteiger partial charge is 0.336 e. The van der Waals surface area contributed by atoms with Crippen LogP contribution in [0.3, 0.4) is 0 Å². The number of nitrogens with one attached hydrogen (secondary N) is 3. The van der Waals surface area contributed by atoms with E-state index in [9.17, 15) is 9.59 Å². The van der Waals surface area contributed by atoms with Crippen molar-refractivity contribution in [3.05, 3.63) is 45.7 Å². The van der Waals surface area contributed by atoms with Crippen LogP contribution >= 0.6 is 11.6 Å². The Morgan fingerprint density at radius 1 is 1.27 bits per heavy atom. The molecule has 134 valence electrons. The van der Waals surface area contributed by atoms with Gasteiger partial charge in [0, 0.05) is 31.1 Å². The summed E-state index contributed by atoms with van der Waals surface area (Å²) in [4.78, 5) is 33.8. The number of amides is 1. The molecule has 0 radical (unpaired) electrons. The maximum Gasteiger partial charge on any atom is 0.276 e. The highest BCUT2D eigenvalue weighted by molar-refractivity contribution is 6.34. The average molecular weight is 373 g/mol. The lowest BCUT2D eigenvalue weighted by Crippen LogP contribution is -2.57. The van der Waals surface area contributed by atoms with Crippen molar-refractivity contribution < 1.29 is 4.79 Å². The summed E-state index contributed by atoms with van der Waals surface area (Å²) in [5.74, 6) is 0.201. The molecule has 2 atom stereocenters. The van der Waals surface area contributed by atoms with E-state index in [-0.39, 0.29) is 22.2 Å². The van der Waals surface area contributed by atoms with Crippen molar-refractivity contribution in [1.29, 1.82) is 0 Å². The molecule has 2 aromatic heterocycles. The average Bonchev–Trinajstić information content (AvgIpc) is 3.10. The van der Waals surface area contributed by atoms with Crippen LogP contribution in [-0.2, 0) is 5.66 Å². The predicted molar refractivity (Wildman–Crippen MR) is 95.6 cm³/mol. The second-order valence-electron chi connectivity index (χ2n) is 7.15. The fraction of sp³-hybridized carbons (Fsp3) is 0.412. The van der Waals surface area contributed by atoms with Crippen molar-refractivity contribution in [1.82, 2.24) is 25.2 Å². The van der Waals surface area contributed by atoms with Crippen molar-refractivity contribution in [3.63, 3.8) is 0 Å². The Morgan fingerprint density at radius 3 is 2.73 bits per heavy atom. The van der Waals surface area contributed by atoms with Crippen LogP contribution in [0, 0.1) is 0 Å². The van der Waals surface area contributed by atoms with E-state index in [0.29, 0.717) is 36.4 Å². The number of carbonyl (C=O) groups is 1. The van der Waals surface area contributed by atoms with Gasteiger partial charge in [-0.1, -0.05) is 11.6 Å². The van der Waals surface area contributed by atoms with Gasteiger partial charge in [-0.3, -0.25) is 14.2 Å². The minimum atomic E-state index is -0.715.